The minimum absolute atomic E-state index is 0.154. The molecule has 0 aromatic heterocycles. The molecule has 0 saturated carbocycles. The van der Waals surface area contributed by atoms with Gasteiger partial charge in [-0.3, -0.25) is 9.59 Å². The van der Waals surface area contributed by atoms with Crippen LogP contribution >= 0.6 is 0 Å². The predicted molar refractivity (Wildman–Crippen MR) is 89.0 cm³/mol. The van der Waals surface area contributed by atoms with Crippen molar-refractivity contribution in [3.8, 4) is 0 Å². The topological polar surface area (TPSA) is 60.9 Å². The third kappa shape index (κ3) is 5.06. The van der Waals surface area contributed by atoms with Crippen molar-refractivity contribution in [3.63, 3.8) is 0 Å². The first kappa shape index (κ1) is 17.5. The number of aliphatic hydroxyl groups is 1. The first-order chi connectivity index (χ1) is 11.0. The van der Waals surface area contributed by atoms with Gasteiger partial charge in [0.25, 0.3) is 5.91 Å². The number of piperazine rings is 1. The molecule has 1 aliphatic heterocycles. The van der Waals surface area contributed by atoms with E-state index in [4.69, 9.17) is 0 Å². The number of carbonyl (C=O) groups excluding carboxylic acids is 2. The number of amides is 2. The van der Waals surface area contributed by atoms with E-state index >= 15 is 0 Å². The monoisotopic (exact) mass is 318 g/mol. The quantitative estimate of drug-likeness (QED) is 0.892. The molecule has 1 saturated heterocycles. The van der Waals surface area contributed by atoms with Crippen LogP contribution in [-0.2, 0) is 16.0 Å². The molecule has 5 nitrogen and oxygen atoms in total. The molecule has 2 rings (SSSR count). The molecule has 1 N–H and O–H groups in total. The molecular weight excluding hydrogens is 292 g/mol. The Morgan fingerprint density at radius 2 is 1.65 bits per heavy atom. The lowest BCUT2D eigenvalue weighted by molar-refractivity contribution is -0.144. The lowest BCUT2D eigenvalue weighted by Gasteiger charge is -2.35. The van der Waals surface area contributed by atoms with Crippen molar-refractivity contribution >= 4 is 11.8 Å². The predicted octanol–water partition coefficient (Wildman–Crippen LogP) is 1.37. The molecule has 1 aliphatic rings. The zero-order chi connectivity index (χ0) is 16.8. The molecule has 0 radical (unpaired) electrons. The van der Waals surface area contributed by atoms with Crippen LogP contribution in [-0.4, -0.2) is 59.0 Å². The van der Waals surface area contributed by atoms with Crippen molar-refractivity contribution in [1.82, 2.24) is 9.80 Å². The number of hydrogen-bond acceptors (Lipinski definition) is 3. The van der Waals surface area contributed by atoms with Gasteiger partial charge in [0.05, 0.1) is 0 Å². The number of rotatable bonds is 5. The van der Waals surface area contributed by atoms with Gasteiger partial charge in [-0.1, -0.05) is 29.8 Å². The Balaban J connectivity index is 1.71. The second-order valence-electron chi connectivity index (χ2n) is 6.22. The van der Waals surface area contributed by atoms with E-state index in [1.54, 1.807) is 4.90 Å². The third-order valence-corrected chi connectivity index (χ3v) is 4.28. The van der Waals surface area contributed by atoms with E-state index in [0.717, 1.165) is 12.8 Å². The first-order valence-electron chi connectivity index (χ1n) is 8.27. The Hall–Kier alpha value is -1.88. The summed E-state index contributed by atoms with van der Waals surface area (Å²) in [5, 5.41) is 9.32. The van der Waals surface area contributed by atoms with Crippen LogP contribution in [0, 0.1) is 6.92 Å². The summed E-state index contributed by atoms with van der Waals surface area (Å²) >= 11 is 0. The van der Waals surface area contributed by atoms with Crippen LogP contribution in [0.5, 0.6) is 0 Å². The van der Waals surface area contributed by atoms with Gasteiger partial charge in [-0.2, -0.15) is 0 Å². The van der Waals surface area contributed by atoms with Crippen LogP contribution < -0.4 is 0 Å². The summed E-state index contributed by atoms with van der Waals surface area (Å²) in [7, 11) is 0. The summed E-state index contributed by atoms with van der Waals surface area (Å²) in [6.45, 7) is 5.67. The maximum atomic E-state index is 12.2. The first-order valence-corrected chi connectivity index (χ1v) is 8.27. The second kappa shape index (κ2) is 8.11. The fourth-order valence-corrected chi connectivity index (χ4v) is 2.80. The summed E-state index contributed by atoms with van der Waals surface area (Å²) in [4.78, 5) is 27.4. The van der Waals surface area contributed by atoms with Crippen LogP contribution in [0.2, 0.25) is 0 Å². The Kier molecular flexibility index (Phi) is 6.16. The molecule has 0 aliphatic carbocycles. The Morgan fingerprint density at radius 1 is 1.09 bits per heavy atom. The summed E-state index contributed by atoms with van der Waals surface area (Å²) in [5.74, 6) is -0.0993. The third-order valence-electron chi connectivity index (χ3n) is 4.28. The van der Waals surface area contributed by atoms with Gasteiger partial charge in [0.1, 0.15) is 6.10 Å². The maximum Gasteiger partial charge on any atom is 0.251 e. The fraction of sp³-hybridized carbons (Fsp3) is 0.556. The van der Waals surface area contributed by atoms with E-state index < -0.39 is 6.10 Å². The maximum absolute atomic E-state index is 12.2. The number of benzene rings is 1. The molecule has 0 bridgehead atoms. The van der Waals surface area contributed by atoms with Crippen LogP contribution in [0.1, 0.15) is 30.9 Å². The number of aryl methyl sites for hydroxylation is 2. The summed E-state index contributed by atoms with van der Waals surface area (Å²) in [5.41, 5.74) is 2.50. The summed E-state index contributed by atoms with van der Waals surface area (Å²) in [6, 6.07) is 8.41. The Morgan fingerprint density at radius 3 is 2.22 bits per heavy atom. The average Bonchev–Trinajstić information content (AvgIpc) is 2.56. The highest BCUT2D eigenvalue weighted by Gasteiger charge is 2.25. The largest absolute Gasteiger partial charge is 0.384 e. The van der Waals surface area contributed by atoms with Crippen LogP contribution in [0.3, 0.4) is 0 Å². The fourth-order valence-electron chi connectivity index (χ4n) is 2.80. The van der Waals surface area contributed by atoms with Crippen LogP contribution in [0.25, 0.3) is 0 Å². The van der Waals surface area contributed by atoms with Gasteiger partial charge >= 0.3 is 0 Å². The number of hydrogen-bond donors (Lipinski definition) is 1. The van der Waals surface area contributed by atoms with Crippen molar-refractivity contribution in [3.05, 3.63) is 35.4 Å². The molecule has 1 fully saturated rings. The van der Waals surface area contributed by atoms with Crippen molar-refractivity contribution in [1.29, 1.82) is 0 Å². The van der Waals surface area contributed by atoms with Gasteiger partial charge in [-0.25, -0.2) is 0 Å². The average molecular weight is 318 g/mol. The van der Waals surface area contributed by atoms with Gasteiger partial charge in [-0.15, -0.1) is 0 Å². The number of nitrogens with zero attached hydrogens (tertiary/aromatic N) is 2. The highest BCUT2D eigenvalue weighted by atomic mass is 16.3. The second-order valence-corrected chi connectivity index (χ2v) is 6.22. The van der Waals surface area contributed by atoms with Gasteiger partial charge in [0.15, 0.2) is 0 Å². The zero-order valence-electron chi connectivity index (χ0n) is 14.0. The SMILES string of the molecule is Cc1ccc(CCCC(=O)N2CCN(C(=O)C(C)O)CC2)cc1. The van der Waals surface area contributed by atoms with E-state index in [1.807, 2.05) is 4.90 Å². The molecule has 0 spiro atoms. The Labute approximate surface area is 137 Å². The summed E-state index contributed by atoms with van der Waals surface area (Å²) in [6.07, 6.45) is 1.33. The molecule has 1 aromatic rings. The van der Waals surface area contributed by atoms with Gasteiger partial charge in [-0.05, 0) is 32.3 Å². The highest BCUT2D eigenvalue weighted by Crippen LogP contribution is 2.10. The Bertz CT molecular complexity index is 532. The smallest absolute Gasteiger partial charge is 0.251 e. The van der Waals surface area contributed by atoms with Crippen molar-refractivity contribution < 1.29 is 14.7 Å². The molecule has 1 atom stereocenters. The van der Waals surface area contributed by atoms with E-state index in [2.05, 4.69) is 31.2 Å². The number of aliphatic hydroxyl groups excluding tert-OH is 1. The summed E-state index contributed by atoms with van der Waals surface area (Å²) < 4.78 is 0. The normalized spacial score (nSPS) is 16.3. The standard InChI is InChI=1S/C18H26N2O3/c1-14-6-8-16(9-7-14)4-3-5-17(22)19-10-12-20(13-11-19)18(23)15(2)21/h6-9,15,21H,3-5,10-13H2,1-2H3. The molecule has 2 amide bonds. The molecule has 126 valence electrons. The number of carbonyl (C=O) groups is 2. The van der Waals surface area contributed by atoms with E-state index in [9.17, 15) is 14.7 Å². The molecule has 1 aromatic carbocycles. The van der Waals surface area contributed by atoms with E-state index in [1.165, 1.54) is 18.1 Å². The molecular formula is C18H26N2O3. The minimum Gasteiger partial charge on any atom is -0.384 e. The molecule has 5 heteroatoms. The minimum atomic E-state index is -0.966. The molecule has 23 heavy (non-hydrogen) atoms. The van der Waals surface area contributed by atoms with Crippen molar-refractivity contribution in [2.24, 2.45) is 0 Å². The lowest BCUT2D eigenvalue weighted by Crippen LogP contribution is -2.52. The highest BCUT2D eigenvalue weighted by molar-refractivity contribution is 5.81. The molecule has 1 heterocycles. The van der Waals surface area contributed by atoms with Crippen LogP contribution in [0.4, 0.5) is 0 Å². The van der Waals surface area contributed by atoms with Gasteiger partial charge in [0.2, 0.25) is 5.91 Å². The van der Waals surface area contributed by atoms with Gasteiger partial charge < -0.3 is 14.9 Å². The molecule has 1 unspecified atom stereocenters. The van der Waals surface area contributed by atoms with E-state index in [0.29, 0.717) is 32.6 Å². The van der Waals surface area contributed by atoms with Gasteiger partial charge in [0, 0.05) is 32.6 Å². The van der Waals surface area contributed by atoms with Crippen molar-refractivity contribution in [2.75, 3.05) is 26.2 Å². The zero-order valence-corrected chi connectivity index (χ0v) is 14.0. The lowest BCUT2D eigenvalue weighted by atomic mass is 10.1. The van der Waals surface area contributed by atoms with Crippen LogP contribution in [0.15, 0.2) is 24.3 Å². The van der Waals surface area contributed by atoms with E-state index in [-0.39, 0.29) is 11.8 Å². The van der Waals surface area contributed by atoms with Crippen molar-refractivity contribution in [2.45, 2.75) is 39.2 Å².